The van der Waals surface area contributed by atoms with Gasteiger partial charge < -0.3 is 19.3 Å². The fourth-order valence-electron chi connectivity index (χ4n) is 2.48. The van der Waals surface area contributed by atoms with Crippen LogP contribution in [0.4, 0.5) is 10.5 Å². The largest absolute Gasteiger partial charge is 0.462 e. The monoisotopic (exact) mass is 306 g/mol. The molecule has 0 bridgehead atoms. The molecule has 0 aromatic heterocycles. The van der Waals surface area contributed by atoms with Gasteiger partial charge in [0.1, 0.15) is 0 Å². The van der Waals surface area contributed by atoms with Crippen molar-refractivity contribution in [3.63, 3.8) is 0 Å². The summed E-state index contributed by atoms with van der Waals surface area (Å²) in [6, 6.07) is 7.40. The summed E-state index contributed by atoms with van der Waals surface area (Å²) in [6.45, 7) is 6.80. The van der Waals surface area contributed by atoms with E-state index in [-0.39, 0.29) is 12.1 Å². The Morgan fingerprint density at radius 1 is 1.00 bits per heavy atom. The van der Waals surface area contributed by atoms with Gasteiger partial charge in [-0.15, -0.1) is 0 Å². The van der Waals surface area contributed by atoms with Gasteiger partial charge in [-0.25, -0.2) is 9.59 Å². The van der Waals surface area contributed by atoms with Gasteiger partial charge in [0.05, 0.1) is 24.5 Å². The number of hydrogen-bond donors (Lipinski definition) is 0. The molecular weight excluding hydrogens is 284 g/mol. The van der Waals surface area contributed by atoms with E-state index in [2.05, 4.69) is 4.90 Å². The second kappa shape index (κ2) is 7.68. The predicted molar refractivity (Wildman–Crippen MR) is 83.2 cm³/mol. The van der Waals surface area contributed by atoms with Crippen molar-refractivity contribution in [1.29, 1.82) is 0 Å². The minimum atomic E-state index is -0.314. The lowest BCUT2D eigenvalue weighted by molar-refractivity contribution is 0.0526. The molecule has 1 aliphatic heterocycles. The molecule has 0 atom stereocenters. The van der Waals surface area contributed by atoms with Gasteiger partial charge in [-0.2, -0.15) is 0 Å². The van der Waals surface area contributed by atoms with Crippen LogP contribution >= 0.6 is 0 Å². The molecule has 22 heavy (non-hydrogen) atoms. The molecule has 0 N–H and O–H groups in total. The van der Waals surface area contributed by atoms with E-state index in [1.807, 2.05) is 18.2 Å². The molecule has 1 heterocycles. The Labute approximate surface area is 130 Å². The molecule has 1 amide bonds. The molecule has 1 aromatic rings. The molecule has 120 valence electrons. The number of ether oxygens (including phenoxy) is 2. The van der Waals surface area contributed by atoms with E-state index in [9.17, 15) is 9.59 Å². The zero-order chi connectivity index (χ0) is 15.9. The molecule has 0 radical (unpaired) electrons. The Hall–Kier alpha value is -2.24. The Kier molecular flexibility index (Phi) is 5.63. The van der Waals surface area contributed by atoms with Gasteiger partial charge in [0.15, 0.2) is 0 Å². The number of piperazine rings is 1. The van der Waals surface area contributed by atoms with E-state index in [1.165, 1.54) is 0 Å². The van der Waals surface area contributed by atoms with E-state index in [1.54, 1.807) is 24.8 Å². The molecular formula is C16H22N2O4. The maximum atomic E-state index is 12.0. The third-order valence-electron chi connectivity index (χ3n) is 3.55. The first-order valence-corrected chi connectivity index (χ1v) is 7.60. The summed E-state index contributed by atoms with van der Waals surface area (Å²) in [5, 5.41) is 0. The Bertz CT molecular complexity index is 525. The molecule has 1 saturated heterocycles. The van der Waals surface area contributed by atoms with Crippen LogP contribution in [0.25, 0.3) is 0 Å². The van der Waals surface area contributed by atoms with E-state index in [0.29, 0.717) is 45.0 Å². The fraction of sp³-hybridized carbons (Fsp3) is 0.500. The molecule has 0 unspecified atom stereocenters. The Morgan fingerprint density at radius 3 is 2.27 bits per heavy atom. The van der Waals surface area contributed by atoms with Crippen LogP contribution in [-0.2, 0) is 9.47 Å². The minimum absolute atomic E-state index is 0.277. The smallest absolute Gasteiger partial charge is 0.409 e. The minimum Gasteiger partial charge on any atom is -0.462 e. The van der Waals surface area contributed by atoms with Crippen molar-refractivity contribution in [3.8, 4) is 0 Å². The summed E-state index contributed by atoms with van der Waals surface area (Å²) in [7, 11) is 0. The molecule has 1 fully saturated rings. The van der Waals surface area contributed by atoms with Crippen molar-refractivity contribution in [2.75, 3.05) is 44.3 Å². The number of rotatable bonds is 4. The Balaban J connectivity index is 2.05. The average molecular weight is 306 g/mol. The number of anilines is 1. The molecule has 1 aromatic carbocycles. The number of esters is 1. The summed E-state index contributed by atoms with van der Waals surface area (Å²) >= 11 is 0. The number of para-hydroxylation sites is 1. The molecule has 6 nitrogen and oxygen atoms in total. The normalized spacial score (nSPS) is 14.6. The lowest BCUT2D eigenvalue weighted by atomic mass is 10.1. The van der Waals surface area contributed by atoms with Crippen LogP contribution in [0, 0.1) is 0 Å². The van der Waals surface area contributed by atoms with Crippen molar-refractivity contribution in [1.82, 2.24) is 4.90 Å². The number of hydrogen-bond acceptors (Lipinski definition) is 5. The van der Waals surface area contributed by atoms with Crippen molar-refractivity contribution in [2.24, 2.45) is 0 Å². The van der Waals surface area contributed by atoms with Crippen molar-refractivity contribution >= 4 is 17.7 Å². The molecule has 0 saturated carbocycles. The summed E-state index contributed by atoms with van der Waals surface area (Å²) in [4.78, 5) is 27.5. The highest BCUT2D eigenvalue weighted by molar-refractivity contribution is 5.96. The number of nitrogens with zero attached hydrogens (tertiary/aromatic N) is 2. The highest BCUT2D eigenvalue weighted by atomic mass is 16.6. The van der Waals surface area contributed by atoms with Gasteiger partial charge in [0, 0.05) is 26.2 Å². The average Bonchev–Trinajstić information content (AvgIpc) is 2.55. The maximum Gasteiger partial charge on any atom is 0.409 e. The Morgan fingerprint density at radius 2 is 1.64 bits per heavy atom. The second-order valence-corrected chi connectivity index (χ2v) is 4.91. The number of carbonyl (C=O) groups excluding carboxylic acids is 2. The maximum absolute atomic E-state index is 12.0. The number of amides is 1. The fourth-order valence-corrected chi connectivity index (χ4v) is 2.48. The molecule has 6 heteroatoms. The number of carbonyl (C=O) groups is 2. The topological polar surface area (TPSA) is 59.1 Å². The predicted octanol–water partition coefficient (Wildman–Crippen LogP) is 2.14. The molecule has 2 rings (SSSR count). The van der Waals surface area contributed by atoms with Crippen LogP contribution in [0.5, 0.6) is 0 Å². The summed E-state index contributed by atoms with van der Waals surface area (Å²) in [5.41, 5.74) is 1.42. The lowest BCUT2D eigenvalue weighted by Crippen LogP contribution is -2.49. The quantitative estimate of drug-likeness (QED) is 0.798. The third-order valence-corrected chi connectivity index (χ3v) is 3.55. The third kappa shape index (κ3) is 3.69. The first-order chi connectivity index (χ1) is 10.7. The second-order valence-electron chi connectivity index (χ2n) is 4.91. The van der Waals surface area contributed by atoms with E-state index in [4.69, 9.17) is 9.47 Å². The first-order valence-electron chi connectivity index (χ1n) is 7.60. The van der Waals surface area contributed by atoms with Crippen LogP contribution < -0.4 is 4.90 Å². The van der Waals surface area contributed by atoms with Crippen molar-refractivity contribution in [2.45, 2.75) is 13.8 Å². The van der Waals surface area contributed by atoms with Gasteiger partial charge in [-0.05, 0) is 26.0 Å². The highest BCUT2D eigenvalue weighted by Crippen LogP contribution is 2.22. The standard InChI is InChI=1S/C16H22N2O4/c1-3-21-15(19)13-7-5-6-8-14(13)17-9-11-18(12-10-17)16(20)22-4-2/h5-8H,3-4,9-12H2,1-2H3. The van der Waals surface area contributed by atoms with Crippen LogP contribution in [-0.4, -0.2) is 56.4 Å². The van der Waals surface area contributed by atoms with Gasteiger partial charge in [-0.1, -0.05) is 12.1 Å². The van der Waals surface area contributed by atoms with Gasteiger partial charge >= 0.3 is 12.1 Å². The van der Waals surface area contributed by atoms with Crippen LogP contribution in [0.1, 0.15) is 24.2 Å². The summed E-state index contributed by atoms with van der Waals surface area (Å²) in [6.07, 6.45) is -0.277. The van der Waals surface area contributed by atoms with Gasteiger partial charge in [0.2, 0.25) is 0 Å². The van der Waals surface area contributed by atoms with Crippen molar-refractivity contribution in [3.05, 3.63) is 29.8 Å². The van der Waals surface area contributed by atoms with Crippen LogP contribution in [0.3, 0.4) is 0 Å². The van der Waals surface area contributed by atoms with E-state index >= 15 is 0 Å². The lowest BCUT2D eigenvalue weighted by Gasteiger charge is -2.36. The van der Waals surface area contributed by atoms with E-state index in [0.717, 1.165) is 5.69 Å². The summed E-state index contributed by atoms with van der Waals surface area (Å²) in [5.74, 6) is -0.314. The highest BCUT2D eigenvalue weighted by Gasteiger charge is 2.24. The summed E-state index contributed by atoms with van der Waals surface area (Å²) < 4.78 is 10.1. The zero-order valence-electron chi connectivity index (χ0n) is 13.1. The van der Waals surface area contributed by atoms with Crippen molar-refractivity contribution < 1.29 is 19.1 Å². The van der Waals surface area contributed by atoms with Crippen LogP contribution in [0.2, 0.25) is 0 Å². The first kappa shape index (κ1) is 16.1. The van der Waals surface area contributed by atoms with E-state index < -0.39 is 0 Å². The van der Waals surface area contributed by atoms with Gasteiger partial charge in [0.25, 0.3) is 0 Å². The van der Waals surface area contributed by atoms with Gasteiger partial charge in [-0.3, -0.25) is 0 Å². The SMILES string of the molecule is CCOC(=O)c1ccccc1N1CCN(C(=O)OCC)CC1. The number of benzene rings is 1. The van der Waals surface area contributed by atoms with Crippen LogP contribution in [0.15, 0.2) is 24.3 Å². The molecule has 0 aliphatic carbocycles. The molecule has 1 aliphatic rings. The zero-order valence-corrected chi connectivity index (χ0v) is 13.1. The molecule has 0 spiro atoms.